The van der Waals surface area contributed by atoms with Crippen molar-refractivity contribution in [3.63, 3.8) is 0 Å². The third-order valence-corrected chi connectivity index (χ3v) is 6.53. The largest absolute Gasteiger partial charge is 0.494 e. The lowest BCUT2D eigenvalue weighted by atomic mass is 9.86. The van der Waals surface area contributed by atoms with E-state index in [-0.39, 0.29) is 0 Å². The van der Waals surface area contributed by atoms with Crippen LogP contribution in [-0.4, -0.2) is 22.8 Å². The Morgan fingerprint density at radius 1 is 1.17 bits per heavy atom. The number of hydrogen-bond acceptors (Lipinski definition) is 2. The Labute approximate surface area is 180 Å². The maximum Gasteiger partial charge on any atom is 0.144 e. The van der Waals surface area contributed by atoms with E-state index in [0.717, 1.165) is 29.3 Å². The molecule has 0 radical (unpaired) electrons. The highest BCUT2D eigenvalue weighted by Gasteiger charge is 2.26. The van der Waals surface area contributed by atoms with E-state index in [1.807, 2.05) is 12.3 Å². The third-order valence-electron chi connectivity index (χ3n) is 6.53. The lowest BCUT2D eigenvalue weighted by molar-refractivity contribution is 0.414. The van der Waals surface area contributed by atoms with Crippen LogP contribution in [0, 0.1) is 5.92 Å². The maximum absolute atomic E-state index is 5.75. The van der Waals surface area contributed by atoms with Crippen LogP contribution in [0.15, 0.2) is 46.7 Å². The second-order valence-electron chi connectivity index (χ2n) is 8.68. The molecule has 1 atom stereocenters. The van der Waals surface area contributed by atoms with Crippen molar-refractivity contribution in [2.75, 3.05) is 7.11 Å². The van der Waals surface area contributed by atoms with Gasteiger partial charge in [0.25, 0.3) is 0 Å². The molecule has 160 valence electrons. The average Bonchev–Trinajstić information content (AvgIpc) is 3.49. The normalized spacial score (nSPS) is 21.6. The Morgan fingerprint density at radius 3 is 2.77 bits per heavy atom. The number of ether oxygens (including phenoxy) is 1. The van der Waals surface area contributed by atoms with E-state index in [1.54, 1.807) is 7.11 Å². The van der Waals surface area contributed by atoms with Crippen molar-refractivity contribution in [2.24, 2.45) is 10.9 Å². The fourth-order valence-corrected chi connectivity index (χ4v) is 4.90. The van der Waals surface area contributed by atoms with Gasteiger partial charge in [0, 0.05) is 23.5 Å². The highest BCUT2D eigenvalue weighted by molar-refractivity contribution is 6.01. The summed E-state index contributed by atoms with van der Waals surface area (Å²) in [7, 11) is 1.75. The molecule has 2 aromatic rings. The summed E-state index contributed by atoms with van der Waals surface area (Å²) in [5.74, 6) is 1.48. The Morgan fingerprint density at radius 2 is 2.00 bits per heavy atom. The van der Waals surface area contributed by atoms with E-state index < -0.39 is 0 Å². The van der Waals surface area contributed by atoms with E-state index in [4.69, 9.17) is 9.73 Å². The van der Waals surface area contributed by atoms with Crippen LogP contribution in [0.2, 0.25) is 0 Å². The second-order valence-corrected chi connectivity index (χ2v) is 8.68. The van der Waals surface area contributed by atoms with Crippen molar-refractivity contribution in [2.45, 2.75) is 71.6 Å². The summed E-state index contributed by atoms with van der Waals surface area (Å²) in [6.07, 6.45) is 15.8. The Kier molecular flexibility index (Phi) is 6.61. The summed E-state index contributed by atoms with van der Waals surface area (Å²) in [4.78, 5) is 12.0. The van der Waals surface area contributed by atoms with Gasteiger partial charge in [0.1, 0.15) is 5.75 Å². The number of fused-ring (bicyclic) bond motifs is 1. The first kappa shape index (κ1) is 20.8. The number of aliphatic imine (C=N–C) groups is 1. The lowest BCUT2D eigenvalue weighted by Gasteiger charge is -2.20. The average molecular weight is 406 g/mol. The first-order valence-electron chi connectivity index (χ1n) is 11.6. The van der Waals surface area contributed by atoms with Crippen LogP contribution in [0.4, 0.5) is 0 Å². The fraction of sp³-hybridized carbons (Fsp3) is 0.500. The van der Waals surface area contributed by atoms with E-state index in [0.29, 0.717) is 5.92 Å². The minimum Gasteiger partial charge on any atom is -0.494 e. The highest BCUT2D eigenvalue weighted by atomic mass is 16.5. The van der Waals surface area contributed by atoms with Gasteiger partial charge in [0.2, 0.25) is 0 Å². The van der Waals surface area contributed by atoms with Crippen LogP contribution in [0.25, 0.3) is 17.0 Å². The van der Waals surface area contributed by atoms with Crippen LogP contribution in [0.3, 0.4) is 0 Å². The van der Waals surface area contributed by atoms with Gasteiger partial charge in [-0.2, -0.15) is 0 Å². The van der Waals surface area contributed by atoms with Crippen LogP contribution in [0.5, 0.6) is 5.75 Å². The zero-order valence-electron chi connectivity index (χ0n) is 18.7. The van der Waals surface area contributed by atoms with Crippen molar-refractivity contribution in [1.82, 2.24) is 9.97 Å². The Balaban J connectivity index is 1.76. The summed E-state index contributed by atoms with van der Waals surface area (Å²) in [5, 5.41) is 0. The number of allylic oxidation sites excluding steroid dienone is 3. The minimum atomic E-state index is 0.600. The van der Waals surface area contributed by atoms with Crippen molar-refractivity contribution >= 4 is 11.3 Å². The molecule has 1 aliphatic carbocycles. The summed E-state index contributed by atoms with van der Waals surface area (Å²) in [6, 6.07) is 6.17. The van der Waals surface area contributed by atoms with Crippen LogP contribution >= 0.6 is 0 Å². The van der Waals surface area contributed by atoms with Gasteiger partial charge in [-0.05, 0) is 62.3 Å². The molecule has 1 unspecified atom stereocenters. The summed E-state index contributed by atoms with van der Waals surface area (Å²) in [6.45, 7) is 4.49. The van der Waals surface area contributed by atoms with Gasteiger partial charge in [-0.25, -0.2) is 0 Å². The fourth-order valence-electron chi connectivity index (χ4n) is 4.90. The second kappa shape index (κ2) is 9.55. The number of aromatic amines is 2. The lowest BCUT2D eigenvalue weighted by Crippen LogP contribution is -2.06. The van der Waals surface area contributed by atoms with Crippen molar-refractivity contribution in [3.8, 4) is 17.1 Å². The molecule has 3 heterocycles. The molecule has 1 aliphatic heterocycles. The monoisotopic (exact) mass is 405 g/mol. The Bertz CT molecular complexity index is 943. The zero-order chi connectivity index (χ0) is 20.9. The van der Waals surface area contributed by atoms with Crippen molar-refractivity contribution in [3.05, 3.63) is 47.4 Å². The van der Waals surface area contributed by atoms with Gasteiger partial charge in [-0.15, -0.1) is 0 Å². The summed E-state index contributed by atoms with van der Waals surface area (Å²) in [5.41, 5.74) is 8.21. The number of rotatable bonds is 5. The minimum absolute atomic E-state index is 0.600. The first-order valence-corrected chi connectivity index (χ1v) is 11.6. The quantitative estimate of drug-likeness (QED) is 0.539. The number of hydrogen-bond donors (Lipinski definition) is 2. The number of methoxy groups -OCH3 is 1. The first-order chi connectivity index (χ1) is 14.7. The Hall–Kier alpha value is -2.49. The van der Waals surface area contributed by atoms with Gasteiger partial charge in [0.05, 0.1) is 29.9 Å². The standard InChI is InChI=1S/C26H35N3O/c1-4-11-19-12-8-6-5-7-9-13-20-16-21(19)25(28-20)18(2)26-24(30-3)17-23(29-26)22-14-10-15-27-22/h10,14-17,19,27,29H,4-9,11-13H2,1-3H3. The SMILES string of the molecule is CCCC1CCCCCCCC2=NC(=C(C)c3[nH]c(-c4ccc[nH]4)cc3OC)C1=C2. The molecule has 0 amide bonds. The van der Waals surface area contributed by atoms with Gasteiger partial charge in [-0.3, -0.25) is 4.99 Å². The molecule has 2 bridgehead atoms. The zero-order valence-corrected chi connectivity index (χ0v) is 18.7. The topological polar surface area (TPSA) is 53.2 Å². The van der Waals surface area contributed by atoms with Crippen molar-refractivity contribution < 1.29 is 4.74 Å². The van der Waals surface area contributed by atoms with Gasteiger partial charge in [0.15, 0.2) is 0 Å². The predicted molar refractivity (Wildman–Crippen MR) is 126 cm³/mol. The molecule has 2 aliphatic rings. The number of nitrogens with zero attached hydrogens (tertiary/aromatic N) is 1. The highest BCUT2D eigenvalue weighted by Crippen LogP contribution is 2.40. The molecule has 30 heavy (non-hydrogen) atoms. The van der Waals surface area contributed by atoms with Gasteiger partial charge in [-0.1, -0.05) is 39.0 Å². The smallest absolute Gasteiger partial charge is 0.144 e. The van der Waals surface area contributed by atoms with Crippen LogP contribution in [0.1, 0.15) is 77.3 Å². The van der Waals surface area contributed by atoms with Crippen LogP contribution in [-0.2, 0) is 0 Å². The van der Waals surface area contributed by atoms with Gasteiger partial charge >= 0.3 is 0 Å². The molecule has 0 spiro atoms. The third kappa shape index (κ3) is 4.33. The molecular formula is C26H35N3O. The predicted octanol–water partition coefficient (Wildman–Crippen LogP) is 7.29. The number of aromatic nitrogens is 2. The van der Waals surface area contributed by atoms with Crippen molar-refractivity contribution in [1.29, 1.82) is 0 Å². The molecular weight excluding hydrogens is 370 g/mol. The molecule has 2 N–H and O–H groups in total. The number of H-pyrrole nitrogens is 2. The molecule has 4 nitrogen and oxygen atoms in total. The molecule has 4 heteroatoms. The van der Waals surface area contributed by atoms with E-state index >= 15 is 0 Å². The molecule has 0 saturated carbocycles. The molecule has 0 aromatic carbocycles. The maximum atomic E-state index is 5.75. The van der Waals surface area contributed by atoms with Gasteiger partial charge < -0.3 is 14.7 Å². The van der Waals surface area contributed by atoms with E-state index in [2.05, 4.69) is 42.0 Å². The molecule has 2 aromatic heterocycles. The van der Waals surface area contributed by atoms with Crippen LogP contribution < -0.4 is 4.74 Å². The number of nitrogens with one attached hydrogen (secondary N) is 2. The molecule has 0 fully saturated rings. The molecule has 4 rings (SSSR count). The van der Waals surface area contributed by atoms with E-state index in [1.165, 1.54) is 73.9 Å². The molecule has 0 saturated heterocycles. The summed E-state index contributed by atoms with van der Waals surface area (Å²) < 4.78 is 5.75. The van der Waals surface area contributed by atoms with E-state index in [9.17, 15) is 0 Å². The summed E-state index contributed by atoms with van der Waals surface area (Å²) >= 11 is 0.